The summed E-state index contributed by atoms with van der Waals surface area (Å²) in [5.41, 5.74) is 7.98. The van der Waals surface area contributed by atoms with Gasteiger partial charge in [-0.15, -0.1) is 0 Å². The van der Waals surface area contributed by atoms with E-state index in [9.17, 15) is 14.0 Å². The summed E-state index contributed by atoms with van der Waals surface area (Å²) in [6.07, 6.45) is 1.59. The molecule has 0 saturated heterocycles. The van der Waals surface area contributed by atoms with E-state index in [-0.39, 0.29) is 29.7 Å². The van der Waals surface area contributed by atoms with Gasteiger partial charge in [0.05, 0.1) is 13.0 Å². The SMILES string of the molecule is COC(=O)C1=C(N)OC2=C(C(=O)CCC2)[C@H]1c1ccccc1OCc1ccc(F)cc1. The molecule has 0 spiro atoms. The highest BCUT2D eigenvalue weighted by atomic mass is 19.1. The van der Waals surface area contributed by atoms with Gasteiger partial charge in [-0.05, 0) is 30.2 Å². The number of nitrogens with two attached hydrogens (primary N) is 1. The number of methoxy groups -OCH3 is 1. The lowest BCUT2D eigenvalue weighted by atomic mass is 9.77. The second-order valence-electron chi connectivity index (χ2n) is 7.37. The van der Waals surface area contributed by atoms with Crippen molar-refractivity contribution in [2.45, 2.75) is 31.8 Å². The Morgan fingerprint density at radius 2 is 1.90 bits per heavy atom. The number of ether oxygens (including phenoxy) is 3. The first-order chi connectivity index (χ1) is 15.0. The van der Waals surface area contributed by atoms with Gasteiger partial charge in [0.1, 0.15) is 29.5 Å². The summed E-state index contributed by atoms with van der Waals surface area (Å²) in [7, 11) is 1.25. The van der Waals surface area contributed by atoms with Crippen molar-refractivity contribution in [2.75, 3.05) is 7.11 Å². The minimum absolute atomic E-state index is 0.0707. The Labute approximate surface area is 179 Å². The van der Waals surface area contributed by atoms with E-state index >= 15 is 0 Å². The molecule has 2 aromatic carbocycles. The molecule has 0 fully saturated rings. The highest BCUT2D eigenvalue weighted by Gasteiger charge is 2.42. The van der Waals surface area contributed by atoms with Crippen LogP contribution in [0.15, 0.2) is 71.3 Å². The number of esters is 1. The van der Waals surface area contributed by atoms with Crippen LogP contribution in [-0.4, -0.2) is 18.9 Å². The molecule has 31 heavy (non-hydrogen) atoms. The monoisotopic (exact) mass is 423 g/mol. The zero-order valence-electron chi connectivity index (χ0n) is 17.0. The Kier molecular flexibility index (Phi) is 5.75. The van der Waals surface area contributed by atoms with Crippen molar-refractivity contribution in [3.8, 4) is 5.75 Å². The van der Waals surface area contributed by atoms with Crippen molar-refractivity contribution in [1.29, 1.82) is 0 Å². The molecule has 2 N–H and O–H groups in total. The van der Waals surface area contributed by atoms with Crippen LogP contribution in [0.25, 0.3) is 0 Å². The number of Topliss-reactive ketones (excluding diaryl/α,β-unsaturated/α-hetero) is 1. The van der Waals surface area contributed by atoms with Gasteiger partial charge in [0.15, 0.2) is 5.78 Å². The van der Waals surface area contributed by atoms with Gasteiger partial charge < -0.3 is 19.9 Å². The summed E-state index contributed by atoms with van der Waals surface area (Å²) >= 11 is 0. The van der Waals surface area contributed by atoms with E-state index in [0.717, 1.165) is 5.56 Å². The van der Waals surface area contributed by atoms with E-state index in [1.807, 2.05) is 0 Å². The molecule has 2 aliphatic rings. The summed E-state index contributed by atoms with van der Waals surface area (Å²) in [4.78, 5) is 25.5. The molecule has 1 aliphatic carbocycles. The van der Waals surface area contributed by atoms with Crippen molar-refractivity contribution >= 4 is 11.8 Å². The van der Waals surface area contributed by atoms with Crippen molar-refractivity contribution in [3.63, 3.8) is 0 Å². The van der Waals surface area contributed by atoms with E-state index in [1.165, 1.54) is 19.2 Å². The van der Waals surface area contributed by atoms with Gasteiger partial charge >= 0.3 is 5.97 Å². The largest absolute Gasteiger partial charge is 0.489 e. The Bertz CT molecular complexity index is 1090. The average molecular weight is 423 g/mol. The second kappa shape index (κ2) is 8.63. The maximum atomic E-state index is 13.2. The molecule has 0 unspecified atom stereocenters. The fourth-order valence-corrected chi connectivity index (χ4v) is 3.97. The number of para-hydroxylation sites is 1. The normalized spacial score (nSPS) is 18.4. The summed E-state index contributed by atoms with van der Waals surface area (Å²) in [6, 6.07) is 13.1. The van der Waals surface area contributed by atoms with Crippen molar-refractivity contribution in [2.24, 2.45) is 5.73 Å². The maximum absolute atomic E-state index is 13.2. The number of hydrogen-bond acceptors (Lipinski definition) is 6. The van der Waals surface area contributed by atoms with Crippen LogP contribution in [0.3, 0.4) is 0 Å². The van der Waals surface area contributed by atoms with Crippen LogP contribution >= 0.6 is 0 Å². The third-order valence-corrected chi connectivity index (χ3v) is 5.43. The number of benzene rings is 2. The van der Waals surface area contributed by atoms with Crippen LogP contribution in [-0.2, 0) is 25.7 Å². The molecular weight excluding hydrogens is 401 g/mol. The molecular formula is C24H22FNO5. The number of allylic oxidation sites excluding steroid dienone is 2. The first-order valence-corrected chi connectivity index (χ1v) is 9.97. The number of ketones is 1. The van der Waals surface area contributed by atoms with Crippen molar-refractivity contribution < 1.29 is 28.2 Å². The Morgan fingerprint density at radius 1 is 1.16 bits per heavy atom. The smallest absolute Gasteiger partial charge is 0.340 e. The molecule has 1 atom stereocenters. The van der Waals surface area contributed by atoms with E-state index in [2.05, 4.69) is 0 Å². The fourth-order valence-electron chi connectivity index (χ4n) is 3.97. The molecule has 6 nitrogen and oxygen atoms in total. The molecule has 1 heterocycles. The molecule has 0 amide bonds. The number of carbonyl (C=O) groups excluding carboxylic acids is 2. The maximum Gasteiger partial charge on any atom is 0.340 e. The predicted molar refractivity (Wildman–Crippen MR) is 110 cm³/mol. The molecule has 7 heteroatoms. The minimum Gasteiger partial charge on any atom is -0.489 e. The van der Waals surface area contributed by atoms with E-state index in [4.69, 9.17) is 19.9 Å². The van der Waals surface area contributed by atoms with Crippen LogP contribution in [0.1, 0.15) is 36.3 Å². The number of hydrogen-bond donors (Lipinski definition) is 1. The molecule has 0 saturated carbocycles. The first kappa shape index (κ1) is 20.7. The van der Waals surface area contributed by atoms with Gasteiger partial charge in [-0.1, -0.05) is 30.3 Å². The van der Waals surface area contributed by atoms with Gasteiger partial charge in [0.25, 0.3) is 0 Å². The van der Waals surface area contributed by atoms with E-state index < -0.39 is 11.9 Å². The summed E-state index contributed by atoms with van der Waals surface area (Å²) in [5.74, 6) is -0.941. The third kappa shape index (κ3) is 4.03. The number of rotatable bonds is 5. The zero-order valence-corrected chi connectivity index (χ0v) is 17.0. The standard InChI is InChI=1S/C24H22FNO5/c1-29-24(28)22-20(21-17(27)6-4-8-19(21)31-23(22)26)16-5-2-3-7-18(16)30-13-14-9-11-15(25)12-10-14/h2-3,5,7,9-12,20H,4,6,8,13,26H2,1H3/t20-/m1/s1. The lowest BCUT2D eigenvalue weighted by Crippen LogP contribution is -2.31. The molecule has 160 valence electrons. The number of halogens is 1. The lowest BCUT2D eigenvalue weighted by Gasteiger charge is -2.32. The fraction of sp³-hybridized carbons (Fsp3) is 0.250. The van der Waals surface area contributed by atoms with Gasteiger partial charge in [-0.25, -0.2) is 9.18 Å². The van der Waals surface area contributed by atoms with E-state index in [1.54, 1.807) is 36.4 Å². The highest BCUT2D eigenvalue weighted by molar-refractivity contribution is 6.03. The second-order valence-corrected chi connectivity index (χ2v) is 7.37. The summed E-state index contributed by atoms with van der Waals surface area (Å²) in [5, 5.41) is 0. The topological polar surface area (TPSA) is 87.9 Å². The van der Waals surface area contributed by atoms with Gasteiger partial charge in [-0.3, -0.25) is 4.79 Å². The average Bonchev–Trinajstić information content (AvgIpc) is 2.78. The van der Waals surface area contributed by atoms with Crippen LogP contribution in [0.4, 0.5) is 4.39 Å². The third-order valence-electron chi connectivity index (χ3n) is 5.43. The van der Waals surface area contributed by atoms with Crippen LogP contribution in [0.5, 0.6) is 5.75 Å². The Balaban J connectivity index is 1.76. The summed E-state index contributed by atoms with van der Waals surface area (Å²) < 4.78 is 29.8. The predicted octanol–water partition coefficient (Wildman–Crippen LogP) is 3.87. The van der Waals surface area contributed by atoms with Gasteiger partial charge in [0, 0.05) is 24.0 Å². The summed E-state index contributed by atoms with van der Waals surface area (Å²) in [6.45, 7) is 0.188. The highest BCUT2D eigenvalue weighted by Crippen LogP contribution is 2.46. The van der Waals surface area contributed by atoms with Gasteiger partial charge in [0.2, 0.25) is 5.88 Å². The Morgan fingerprint density at radius 3 is 2.65 bits per heavy atom. The number of carbonyl (C=O) groups is 2. The lowest BCUT2D eigenvalue weighted by molar-refractivity contribution is -0.136. The van der Waals surface area contributed by atoms with Crippen LogP contribution in [0.2, 0.25) is 0 Å². The van der Waals surface area contributed by atoms with Gasteiger partial charge in [-0.2, -0.15) is 0 Å². The molecule has 0 aromatic heterocycles. The molecule has 4 rings (SSSR count). The molecule has 0 bridgehead atoms. The Hall–Kier alpha value is -3.61. The molecule has 1 aliphatic heterocycles. The molecule has 0 radical (unpaired) electrons. The zero-order chi connectivity index (χ0) is 22.0. The van der Waals surface area contributed by atoms with Crippen molar-refractivity contribution in [3.05, 3.63) is 88.3 Å². The van der Waals surface area contributed by atoms with Crippen LogP contribution in [0, 0.1) is 5.82 Å². The van der Waals surface area contributed by atoms with E-state index in [0.29, 0.717) is 41.9 Å². The minimum atomic E-state index is -0.756. The van der Waals surface area contributed by atoms with Crippen LogP contribution < -0.4 is 10.5 Å². The molecule has 2 aromatic rings. The quantitative estimate of drug-likeness (QED) is 0.735. The van der Waals surface area contributed by atoms with Crippen molar-refractivity contribution in [1.82, 2.24) is 0 Å². The first-order valence-electron chi connectivity index (χ1n) is 9.97.